The van der Waals surface area contributed by atoms with E-state index < -0.39 is 28.9 Å². The molecule has 2 rings (SSSR count). The highest BCUT2D eigenvalue weighted by molar-refractivity contribution is 5.94. The number of carbonyl (C=O) groups is 1. The van der Waals surface area contributed by atoms with Gasteiger partial charge in [-0.15, -0.1) is 0 Å². The van der Waals surface area contributed by atoms with E-state index in [-0.39, 0.29) is 0 Å². The van der Waals surface area contributed by atoms with Crippen molar-refractivity contribution in [2.24, 2.45) is 0 Å². The number of hydrogen-bond acceptors (Lipinski definition) is 2. The Labute approximate surface area is 120 Å². The predicted molar refractivity (Wildman–Crippen MR) is 71.2 cm³/mol. The molecule has 1 aromatic carbocycles. The van der Waals surface area contributed by atoms with E-state index in [1.165, 1.54) is 11.9 Å². The average molecular weight is 294 g/mol. The molecule has 0 atom stereocenters. The molecule has 3 nitrogen and oxygen atoms in total. The SMILES string of the molecule is CN(CCc1ccncc1)C(=O)c1ccc(F)c(F)c1F. The van der Waals surface area contributed by atoms with Gasteiger partial charge in [-0.25, -0.2) is 13.2 Å². The molecule has 0 fully saturated rings. The summed E-state index contributed by atoms with van der Waals surface area (Å²) in [5.41, 5.74) is 0.488. The molecule has 1 amide bonds. The van der Waals surface area contributed by atoms with Gasteiger partial charge < -0.3 is 4.90 Å². The van der Waals surface area contributed by atoms with Crippen LogP contribution in [0.4, 0.5) is 13.2 Å². The van der Waals surface area contributed by atoms with Gasteiger partial charge in [0.2, 0.25) is 0 Å². The molecule has 0 spiro atoms. The van der Waals surface area contributed by atoms with Gasteiger partial charge in [0.05, 0.1) is 5.56 Å². The largest absolute Gasteiger partial charge is 0.341 e. The monoisotopic (exact) mass is 294 g/mol. The maximum Gasteiger partial charge on any atom is 0.256 e. The van der Waals surface area contributed by atoms with Crippen molar-refractivity contribution in [3.8, 4) is 0 Å². The van der Waals surface area contributed by atoms with Crippen LogP contribution in [0.5, 0.6) is 0 Å². The van der Waals surface area contributed by atoms with Gasteiger partial charge in [0.25, 0.3) is 5.91 Å². The smallest absolute Gasteiger partial charge is 0.256 e. The first kappa shape index (κ1) is 15.0. The highest BCUT2D eigenvalue weighted by Gasteiger charge is 2.21. The third kappa shape index (κ3) is 3.39. The lowest BCUT2D eigenvalue weighted by molar-refractivity contribution is 0.0790. The molecule has 0 aliphatic heterocycles. The summed E-state index contributed by atoms with van der Waals surface area (Å²) in [4.78, 5) is 17.2. The van der Waals surface area contributed by atoms with Crippen LogP contribution in [0.2, 0.25) is 0 Å². The molecule has 6 heteroatoms. The number of hydrogen-bond donors (Lipinski definition) is 0. The fourth-order valence-corrected chi connectivity index (χ4v) is 1.84. The quantitative estimate of drug-likeness (QED) is 0.812. The Morgan fingerprint density at radius 2 is 1.76 bits per heavy atom. The van der Waals surface area contributed by atoms with E-state index in [1.54, 1.807) is 24.5 Å². The van der Waals surface area contributed by atoms with Crippen molar-refractivity contribution in [1.29, 1.82) is 0 Å². The fraction of sp³-hybridized carbons (Fsp3) is 0.200. The summed E-state index contributed by atoms with van der Waals surface area (Å²) in [6, 6.07) is 5.29. The first-order chi connectivity index (χ1) is 10.0. The third-order valence-electron chi connectivity index (χ3n) is 3.10. The molecule has 2 aromatic rings. The molecule has 0 saturated carbocycles. The second-order valence-electron chi connectivity index (χ2n) is 4.56. The van der Waals surface area contributed by atoms with Crippen LogP contribution >= 0.6 is 0 Å². The molecule has 0 aliphatic rings. The Bertz CT molecular complexity index is 647. The highest BCUT2D eigenvalue weighted by Crippen LogP contribution is 2.16. The van der Waals surface area contributed by atoms with Crippen molar-refractivity contribution in [2.45, 2.75) is 6.42 Å². The minimum absolute atomic E-state index is 0.321. The lowest BCUT2D eigenvalue weighted by Crippen LogP contribution is -2.30. The van der Waals surface area contributed by atoms with Crippen LogP contribution in [0.15, 0.2) is 36.7 Å². The summed E-state index contributed by atoms with van der Waals surface area (Å²) in [6.07, 6.45) is 3.81. The van der Waals surface area contributed by atoms with E-state index in [0.717, 1.165) is 17.7 Å². The van der Waals surface area contributed by atoms with Crippen LogP contribution in [0.1, 0.15) is 15.9 Å². The molecule has 1 aromatic heterocycles. The fourth-order valence-electron chi connectivity index (χ4n) is 1.84. The van der Waals surface area contributed by atoms with Gasteiger partial charge >= 0.3 is 0 Å². The maximum atomic E-state index is 13.6. The Hall–Kier alpha value is -2.37. The third-order valence-corrected chi connectivity index (χ3v) is 3.10. The summed E-state index contributed by atoms with van der Waals surface area (Å²) in [7, 11) is 1.48. The molecule has 0 bridgehead atoms. The summed E-state index contributed by atoms with van der Waals surface area (Å²) >= 11 is 0. The van der Waals surface area contributed by atoms with Crippen molar-refractivity contribution in [2.75, 3.05) is 13.6 Å². The summed E-state index contributed by atoms with van der Waals surface area (Å²) < 4.78 is 39.6. The van der Waals surface area contributed by atoms with Crippen molar-refractivity contribution in [3.63, 3.8) is 0 Å². The standard InChI is InChI=1S/C15H13F3N2O/c1-20(9-6-10-4-7-19-8-5-10)15(21)11-2-3-12(16)14(18)13(11)17/h2-5,7-8H,6,9H2,1H3. The summed E-state index contributed by atoms with van der Waals surface area (Å²) in [6.45, 7) is 0.321. The normalized spacial score (nSPS) is 10.5. The zero-order chi connectivity index (χ0) is 15.4. The minimum Gasteiger partial charge on any atom is -0.341 e. The van der Waals surface area contributed by atoms with E-state index >= 15 is 0 Å². The molecule has 0 saturated heterocycles. The topological polar surface area (TPSA) is 33.2 Å². The average Bonchev–Trinajstić information content (AvgIpc) is 2.51. The number of aromatic nitrogens is 1. The van der Waals surface area contributed by atoms with Gasteiger partial charge in [0.15, 0.2) is 17.5 Å². The second-order valence-corrected chi connectivity index (χ2v) is 4.56. The van der Waals surface area contributed by atoms with Gasteiger partial charge in [0, 0.05) is 26.0 Å². The number of benzene rings is 1. The number of likely N-dealkylation sites (N-methyl/N-ethyl adjacent to an activating group) is 1. The van der Waals surface area contributed by atoms with Gasteiger partial charge in [0.1, 0.15) is 0 Å². The Kier molecular flexibility index (Phi) is 4.57. The second kappa shape index (κ2) is 6.39. The van der Waals surface area contributed by atoms with Crippen LogP contribution in [0, 0.1) is 17.5 Å². The molecule has 0 aliphatic carbocycles. The van der Waals surface area contributed by atoms with E-state index in [4.69, 9.17) is 0 Å². The minimum atomic E-state index is -1.64. The molecular weight excluding hydrogens is 281 g/mol. The maximum absolute atomic E-state index is 13.6. The lowest BCUT2D eigenvalue weighted by Gasteiger charge is -2.17. The van der Waals surface area contributed by atoms with Gasteiger partial charge in [-0.3, -0.25) is 9.78 Å². The van der Waals surface area contributed by atoms with Crippen LogP contribution in [-0.4, -0.2) is 29.4 Å². The number of carbonyl (C=O) groups excluding carboxylic acids is 1. The van der Waals surface area contributed by atoms with Gasteiger partial charge in [-0.2, -0.15) is 0 Å². The first-order valence-electron chi connectivity index (χ1n) is 6.28. The van der Waals surface area contributed by atoms with Crippen LogP contribution < -0.4 is 0 Å². The van der Waals surface area contributed by atoms with Gasteiger partial charge in [-0.05, 0) is 36.2 Å². The van der Waals surface area contributed by atoms with Crippen molar-refractivity contribution in [1.82, 2.24) is 9.88 Å². The number of nitrogens with zero attached hydrogens (tertiary/aromatic N) is 2. The van der Waals surface area contributed by atoms with Crippen LogP contribution in [0.25, 0.3) is 0 Å². The van der Waals surface area contributed by atoms with E-state index in [1.807, 2.05) is 0 Å². The number of rotatable bonds is 4. The number of amides is 1. The molecule has 0 radical (unpaired) electrons. The van der Waals surface area contributed by atoms with Gasteiger partial charge in [-0.1, -0.05) is 0 Å². The molecule has 110 valence electrons. The zero-order valence-corrected chi connectivity index (χ0v) is 11.3. The number of pyridine rings is 1. The Morgan fingerprint density at radius 3 is 2.43 bits per heavy atom. The Balaban J connectivity index is 2.08. The summed E-state index contributed by atoms with van der Waals surface area (Å²) in [5.74, 6) is -5.11. The lowest BCUT2D eigenvalue weighted by atomic mass is 10.1. The van der Waals surface area contributed by atoms with Crippen LogP contribution in [-0.2, 0) is 6.42 Å². The first-order valence-corrected chi connectivity index (χ1v) is 6.28. The molecule has 0 N–H and O–H groups in total. The van der Waals surface area contributed by atoms with Crippen molar-refractivity contribution in [3.05, 3.63) is 65.2 Å². The van der Waals surface area contributed by atoms with Crippen LogP contribution in [0.3, 0.4) is 0 Å². The van der Waals surface area contributed by atoms with E-state index in [0.29, 0.717) is 13.0 Å². The predicted octanol–water partition coefficient (Wildman–Crippen LogP) is 2.81. The van der Waals surface area contributed by atoms with E-state index in [2.05, 4.69) is 4.98 Å². The molecular formula is C15H13F3N2O. The molecule has 21 heavy (non-hydrogen) atoms. The zero-order valence-electron chi connectivity index (χ0n) is 11.3. The van der Waals surface area contributed by atoms with Crippen molar-refractivity contribution < 1.29 is 18.0 Å². The van der Waals surface area contributed by atoms with E-state index in [9.17, 15) is 18.0 Å². The highest BCUT2D eigenvalue weighted by atomic mass is 19.2. The molecule has 1 heterocycles. The number of halogens is 3. The van der Waals surface area contributed by atoms with Crippen molar-refractivity contribution >= 4 is 5.91 Å². The Morgan fingerprint density at radius 1 is 1.10 bits per heavy atom. The molecule has 0 unspecified atom stereocenters. The summed E-state index contributed by atoms with van der Waals surface area (Å²) in [5, 5.41) is 0.